The van der Waals surface area contributed by atoms with Gasteiger partial charge < -0.3 is 15.4 Å². The van der Waals surface area contributed by atoms with Crippen LogP contribution in [0.3, 0.4) is 0 Å². The lowest BCUT2D eigenvalue weighted by Crippen LogP contribution is -2.45. The Bertz CT molecular complexity index is 783. The van der Waals surface area contributed by atoms with E-state index in [1.54, 1.807) is 6.07 Å². The molecule has 138 valence electrons. The molecule has 0 aliphatic carbocycles. The molecular formula is C18H18Cl2FN3OS. The maximum absolute atomic E-state index is 13.3. The van der Waals surface area contributed by atoms with Crippen molar-refractivity contribution in [3.63, 3.8) is 0 Å². The van der Waals surface area contributed by atoms with Crippen LogP contribution in [-0.4, -0.2) is 29.9 Å². The average molecular weight is 414 g/mol. The van der Waals surface area contributed by atoms with E-state index in [1.807, 2.05) is 12.1 Å². The molecule has 0 spiro atoms. The van der Waals surface area contributed by atoms with Gasteiger partial charge in [-0.3, -0.25) is 0 Å². The second-order valence-electron chi connectivity index (χ2n) is 6.19. The van der Waals surface area contributed by atoms with Crippen LogP contribution >= 0.6 is 35.4 Å². The van der Waals surface area contributed by atoms with Crippen molar-refractivity contribution in [2.24, 2.45) is 0 Å². The number of thiocarbonyl (C=S) groups is 1. The Morgan fingerprint density at radius 2 is 1.92 bits per heavy atom. The monoisotopic (exact) mass is 413 g/mol. The molecule has 4 nitrogen and oxygen atoms in total. The first-order valence-electron chi connectivity index (χ1n) is 8.18. The number of nitrogens with zero attached hydrogens (tertiary/aromatic N) is 1. The summed E-state index contributed by atoms with van der Waals surface area (Å²) < 4.78 is 18.8. The lowest BCUT2D eigenvalue weighted by Gasteiger charge is -2.38. The molecule has 0 bridgehead atoms. The number of ether oxygens (including phenoxy) is 1. The van der Waals surface area contributed by atoms with Gasteiger partial charge in [0, 0.05) is 31.4 Å². The topological polar surface area (TPSA) is 46.2 Å². The fourth-order valence-electron chi connectivity index (χ4n) is 3.04. The quantitative estimate of drug-likeness (QED) is 0.719. The van der Waals surface area contributed by atoms with E-state index in [-0.39, 0.29) is 11.2 Å². The predicted molar refractivity (Wildman–Crippen MR) is 107 cm³/mol. The first-order chi connectivity index (χ1) is 12.5. The zero-order valence-corrected chi connectivity index (χ0v) is 16.2. The number of hydrogen-bond donors (Lipinski definition) is 2. The Morgan fingerprint density at radius 3 is 2.58 bits per heavy atom. The molecule has 0 amide bonds. The molecular weight excluding hydrogens is 396 g/mol. The van der Waals surface area contributed by atoms with Gasteiger partial charge in [-0.1, -0.05) is 35.3 Å². The zero-order chi connectivity index (χ0) is 18.6. The van der Waals surface area contributed by atoms with Crippen LogP contribution in [0.1, 0.15) is 18.4 Å². The van der Waals surface area contributed by atoms with Crippen LogP contribution in [0.2, 0.25) is 10.0 Å². The summed E-state index contributed by atoms with van der Waals surface area (Å²) in [5.74, 6) is 0.195. The average Bonchev–Trinajstić information content (AvgIpc) is 2.64. The van der Waals surface area contributed by atoms with Crippen molar-refractivity contribution in [1.29, 1.82) is 0 Å². The Labute approximate surface area is 167 Å². The van der Waals surface area contributed by atoms with Crippen LogP contribution < -0.4 is 10.6 Å². The van der Waals surface area contributed by atoms with Crippen LogP contribution in [0.4, 0.5) is 10.2 Å². The molecule has 0 unspecified atom stereocenters. The smallest absolute Gasteiger partial charge is 0.172 e. The number of rotatable bonds is 4. The standard InChI is InChI=1S/C18H18Cl2FN3OS/c19-13-9-15(20)16(22-10-13)24-17(26)23-11-18(5-7-25-8-6-18)12-1-3-14(21)4-2-12/h1-4,9-10H,5-8,11H2,(H2,22,23,24,26). The van der Waals surface area contributed by atoms with E-state index in [9.17, 15) is 4.39 Å². The van der Waals surface area contributed by atoms with Gasteiger partial charge in [-0.25, -0.2) is 9.37 Å². The van der Waals surface area contributed by atoms with E-state index in [2.05, 4.69) is 15.6 Å². The molecule has 2 N–H and O–H groups in total. The second-order valence-corrected chi connectivity index (χ2v) is 7.44. The lowest BCUT2D eigenvalue weighted by molar-refractivity contribution is 0.0515. The van der Waals surface area contributed by atoms with Gasteiger partial charge in [0.15, 0.2) is 10.9 Å². The molecule has 1 aliphatic rings. The number of nitrogens with one attached hydrogen (secondary N) is 2. The third kappa shape index (κ3) is 4.62. The fourth-order valence-corrected chi connectivity index (χ4v) is 3.64. The van der Waals surface area contributed by atoms with E-state index >= 15 is 0 Å². The highest BCUT2D eigenvalue weighted by Gasteiger charge is 2.34. The van der Waals surface area contributed by atoms with Gasteiger partial charge in [-0.05, 0) is 48.8 Å². The molecule has 2 heterocycles. The van der Waals surface area contributed by atoms with Gasteiger partial charge in [-0.15, -0.1) is 0 Å². The van der Waals surface area contributed by atoms with Crippen molar-refractivity contribution >= 4 is 46.4 Å². The summed E-state index contributed by atoms with van der Waals surface area (Å²) in [5.41, 5.74) is 0.898. The van der Waals surface area contributed by atoms with Crippen molar-refractivity contribution in [1.82, 2.24) is 10.3 Å². The highest BCUT2D eigenvalue weighted by atomic mass is 35.5. The van der Waals surface area contributed by atoms with Crippen LogP contribution in [-0.2, 0) is 10.2 Å². The summed E-state index contributed by atoms with van der Waals surface area (Å²) in [6.45, 7) is 1.91. The molecule has 0 atom stereocenters. The molecule has 3 rings (SSSR count). The first kappa shape index (κ1) is 19.3. The van der Waals surface area contributed by atoms with Crippen LogP contribution in [0.15, 0.2) is 36.5 Å². The maximum Gasteiger partial charge on any atom is 0.172 e. The Morgan fingerprint density at radius 1 is 1.23 bits per heavy atom. The SMILES string of the molecule is Fc1ccc(C2(CNC(=S)Nc3ncc(Cl)cc3Cl)CCOCC2)cc1. The molecule has 1 aliphatic heterocycles. The van der Waals surface area contributed by atoms with Crippen molar-refractivity contribution < 1.29 is 9.13 Å². The summed E-state index contributed by atoms with van der Waals surface area (Å²) in [7, 11) is 0. The van der Waals surface area contributed by atoms with E-state index in [1.165, 1.54) is 18.3 Å². The molecule has 0 saturated carbocycles. The minimum absolute atomic E-state index is 0.172. The normalized spacial score (nSPS) is 16.1. The molecule has 1 fully saturated rings. The van der Waals surface area contributed by atoms with E-state index in [0.29, 0.717) is 40.7 Å². The van der Waals surface area contributed by atoms with Crippen molar-refractivity contribution in [2.75, 3.05) is 25.1 Å². The number of halogens is 3. The van der Waals surface area contributed by atoms with Gasteiger partial charge in [0.05, 0.1) is 10.0 Å². The molecule has 1 saturated heterocycles. The van der Waals surface area contributed by atoms with Crippen molar-refractivity contribution in [3.05, 3.63) is 58.0 Å². The Kier molecular flexibility index (Phi) is 6.29. The number of anilines is 1. The second kappa shape index (κ2) is 8.48. The van der Waals surface area contributed by atoms with Gasteiger partial charge in [0.2, 0.25) is 0 Å². The molecule has 8 heteroatoms. The number of pyridine rings is 1. The summed E-state index contributed by atoms with van der Waals surface area (Å²) in [5, 5.41) is 7.48. The van der Waals surface area contributed by atoms with Crippen molar-refractivity contribution in [2.45, 2.75) is 18.3 Å². The minimum Gasteiger partial charge on any atom is -0.381 e. The van der Waals surface area contributed by atoms with Gasteiger partial charge in [-0.2, -0.15) is 0 Å². The number of aromatic nitrogens is 1. The van der Waals surface area contributed by atoms with Gasteiger partial charge >= 0.3 is 0 Å². The van der Waals surface area contributed by atoms with Crippen LogP contribution in [0.5, 0.6) is 0 Å². The van der Waals surface area contributed by atoms with Gasteiger partial charge in [0.1, 0.15) is 5.82 Å². The number of benzene rings is 1. The van der Waals surface area contributed by atoms with Gasteiger partial charge in [0.25, 0.3) is 0 Å². The third-order valence-electron chi connectivity index (χ3n) is 4.53. The molecule has 26 heavy (non-hydrogen) atoms. The lowest BCUT2D eigenvalue weighted by atomic mass is 9.74. The molecule has 1 aromatic carbocycles. The molecule has 2 aromatic rings. The van der Waals surface area contributed by atoms with E-state index in [0.717, 1.165) is 18.4 Å². The molecule has 1 aromatic heterocycles. The zero-order valence-electron chi connectivity index (χ0n) is 13.9. The first-order valence-corrected chi connectivity index (χ1v) is 9.35. The Balaban J connectivity index is 1.69. The largest absolute Gasteiger partial charge is 0.381 e. The van der Waals surface area contributed by atoms with E-state index < -0.39 is 0 Å². The minimum atomic E-state index is -0.246. The summed E-state index contributed by atoms with van der Waals surface area (Å²) in [6, 6.07) is 8.23. The van der Waals surface area contributed by atoms with E-state index in [4.69, 9.17) is 40.2 Å². The van der Waals surface area contributed by atoms with Crippen LogP contribution in [0.25, 0.3) is 0 Å². The van der Waals surface area contributed by atoms with Crippen LogP contribution in [0, 0.1) is 5.82 Å². The number of hydrogen-bond acceptors (Lipinski definition) is 3. The molecule has 0 radical (unpaired) electrons. The summed E-state index contributed by atoms with van der Waals surface area (Å²) in [4.78, 5) is 4.13. The third-order valence-corrected chi connectivity index (χ3v) is 5.27. The maximum atomic E-state index is 13.3. The highest BCUT2D eigenvalue weighted by Crippen LogP contribution is 2.34. The fraction of sp³-hybridized carbons (Fsp3) is 0.333. The summed E-state index contributed by atoms with van der Waals surface area (Å²) >= 11 is 17.3. The highest BCUT2D eigenvalue weighted by molar-refractivity contribution is 7.80. The summed E-state index contributed by atoms with van der Waals surface area (Å²) in [6.07, 6.45) is 3.15. The van der Waals surface area contributed by atoms with Crippen molar-refractivity contribution in [3.8, 4) is 0 Å². The predicted octanol–water partition coefficient (Wildman–Crippen LogP) is 4.56. The Hall–Kier alpha value is -1.47.